The topological polar surface area (TPSA) is 15.3 Å². The Morgan fingerprint density at radius 3 is 3.15 bits per heavy atom. The summed E-state index contributed by atoms with van der Waals surface area (Å²) in [6.07, 6.45) is 1.86. The van der Waals surface area contributed by atoms with Gasteiger partial charge < -0.3 is 10.2 Å². The second-order valence-electron chi connectivity index (χ2n) is 4.07. The number of para-hydroxylation sites is 2. The third kappa shape index (κ3) is 0.886. The number of nitrogens with zero attached hydrogens (tertiary/aromatic N) is 1. The molecule has 0 bridgehead atoms. The van der Waals surface area contributed by atoms with Gasteiger partial charge in [0, 0.05) is 6.54 Å². The highest BCUT2D eigenvalue weighted by molar-refractivity contribution is 5.76. The molecule has 0 aliphatic carbocycles. The molecular weight excluding hydrogens is 160 g/mol. The molecule has 0 amide bonds. The minimum absolute atomic E-state index is 0.553. The van der Waals surface area contributed by atoms with Crippen LogP contribution in [0.4, 0.5) is 11.4 Å². The fraction of sp³-hybridized carbons (Fsp3) is 0.455. The smallest absolute Gasteiger partial charge is 0.102 e. The van der Waals surface area contributed by atoms with Gasteiger partial charge >= 0.3 is 0 Å². The van der Waals surface area contributed by atoms with Crippen molar-refractivity contribution in [1.29, 1.82) is 0 Å². The zero-order chi connectivity index (χ0) is 8.84. The Morgan fingerprint density at radius 1 is 1.38 bits per heavy atom. The Bertz CT molecular complexity index is 335. The second kappa shape index (κ2) is 2.41. The molecule has 68 valence electrons. The molecule has 1 aromatic carbocycles. The van der Waals surface area contributed by atoms with Crippen molar-refractivity contribution in [2.24, 2.45) is 5.92 Å². The highest BCUT2D eigenvalue weighted by Crippen LogP contribution is 2.40. The van der Waals surface area contributed by atoms with Crippen LogP contribution in [0.2, 0.25) is 0 Å². The number of nitrogens with one attached hydrogen (secondary N) is 1. The first-order chi connectivity index (χ1) is 6.36. The lowest BCUT2D eigenvalue weighted by atomic mass is 10.1. The maximum Gasteiger partial charge on any atom is 0.102 e. The predicted octanol–water partition coefficient (Wildman–Crippen LogP) is 2.28. The minimum atomic E-state index is 0.553. The summed E-state index contributed by atoms with van der Waals surface area (Å²) in [5.41, 5.74) is 2.69. The van der Waals surface area contributed by atoms with Crippen molar-refractivity contribution >= 4 is 11.4 Å². The molecule has 2 aliphatic heterocycles. The van der Waals surface area contributed by atoms with Crippen molar-refractivity contribution in [3.05, 3.63) is 24.3 Å². The minimum Gasteiger partial charge on any atom is -0.363 e. The van der Waals surface area contributed by atoms with E-state index in [1.54, 1.807) is 0 Å². The SMILES string of the molecule is CC1CCN2c3ccccc3NC12. The Kier molecular flexibility index (Phi) is 1.34. The normalized spacial score (nSPS) is 29.8. The molecule has 2 atom stereocenters. The zero-order valence-electron chi connectivity index (χ0n) is 7.83. The summed E-state index contributed by atoms with van der Waals surface area (Å²) in [5.74, 6) is 0.771. The molecule has 2 heteroatoms. The molecule has 13 heavy (non-hydrogen) atoms. The van der Waals surface area contributed by atoms with Crippen LogP contribution in [0.5, 0.6) is 0 Å². The molecule has 0 aromatic heterocycles. The quantitative estimate of drug-likeness (QED) is 0.649. The molecule has 0 spiro atoms. The maximum absolute atomic E-state index is 3.57. The molecule has 2 heterocycles. The average molecular weight is 174 g/mol. The van der Waals surface area contributed by atoms with Gasteiger partial charge in [-0.3, -0.25) is 0 Å². The first-order valence-electron chi connectivity index (χ1n) is 4.98. The number of anilines is 2. The Hall–Kier alpha value is -1.18. The van der Waals surface area contributed by atoms with Crippen molar-refractivity contribution in [3.63, 3.8) is 0 Å². The molecular formula is C11H14N2. The molecule has 1 N–H and O–H groups in total. The molecule has 1 fully saturated rings. The second-order valence-corrected chi connectivity index (χ2v) is 4.07. The van der Waals surface area contributed by atoms with Crippen LogP contribution in [0, 0.1) is 5.92 Å². The lowest BCUT2D eigenvalue weighted by Crippen LogP contribution is -2.32. The molecule has 1 saturated heterocycles. The fourth-order valence-corrected chi connectivity index (χ4v) is 2.44. The van der Waals surface area contributed by atoms with Crippen LogP contribution in [0.25, 0.3) is 0 Å². The van der Waals surface area contributed by atoms with E-state index in [0.29, 0.717) is 6.17 Å². The van der Waals surface area contributed by atoms with Gasteiger partial charge in [-0.05, 0) is 24.5 Å². The molecule has 2 aliphatic rings. The molecule has 1 aromatic rings. The summed E-state index contributed by atoms with van der Waals surface area (Å²) >= 11 is 0. The van der Waals surface area contributed by atoms with Crippen LogP contribution >= 0.6 is 0 Å². The highest BCUT2D eigenvalue weighted by Gasteiger charge is 2.36. The standard InChI is InChI=1S/C11H14N2/c1-8-6-7-13-10-5-3-2-4-9(10)12-11(8)13/h2-5,8,11-12H,6-7H2,1H3. The summed E-state index contributed by atoms with van der Waals surface area (Å²) in [7, 11) is 0. The van der Waals surface area contributed by atoms with Crippen LogP contribution < -0.4 is 10.2 Å². The van der Waals surface area contributed by atoms with Gasteiger partial charge in [-0.15, -0.1) is 0 Å². The number of fused-ring (bicyclic) bond motifs is 3. The van der Waals surface area contributed by atoms with E-state index in [1.807, 2.05) is 0 Å². The van der Waals surface area contributed by atoms with Gasteiger partial charge in [0.1, 0.15) is 6.17 Å². The summed E-state index contributed by atoms with van der Waals surface area (Å²) in [4.78, 5) is 2.49. The van der Waals surface area contributed by atoms with Crippen molar-refractivity contribution in [3.8, 4) is 0 Å². The number of hydrogen-bond donors (Lipinski definition) is 1. The largest absolute Gasteiger partial charge is 0.363 e. The monoisotopic (exact) mass is 174 g/mol. The molecule has 2 unspecified atom stereocenters. The Morgan fingerprint density at radius 2 is 2.23 bits per heavy atom. The first-order valence-corrected chi connectivity index (χ1v) is 4.98. The van der Waals surface area contributed by atoms with E-state index in [4.69, 9.17) is 0 Å². The summed E-state index contributed by atoms with van der Waals surface area (Å²) < 4.78 is 0. The Balaban J connectivity index is 2.05. The highest BCUT2D eigenvalue weighted by atomic mass is 15.3. The maximum atomic E-state index is 3.57. The van der Waals surface area contributed by atoms with E-state index in [-0.39, 0.29) is 0 Å². The number of hydrogen-bond acceptors (Lipinski definition) is 2. The molecule has 2 nitrogen and oxygen atoms in total. The van der Waals surface area contributed by atoms with Crippen LogP contribution in [0.15, 0.2) is 24.3 Å². The lowest BCUT2D eigenvalue weighted by Gasteiger charge is -2.19. The third-order valence-corrected chi connectivity index (χ3v) is 3.22. The average Bonchev–Trinajstić information content (AvgIpc) is 2.67. The van der Waals surface area contributed by atoms with Crippen molar-refractivity contribution in [2.45, 2.75) is 19.5 Å². The Labute approximate surface area is 78.6 Å². The van der Waals surface area contributed by atoms with Crippen LogP contribution in [0.3, 0.4) is 0 Å². The van der Waals surface area contributed by atoms with E-state index in [0.717, 1.165) is 5.92 Å². The van der Waals surface area contributed by atoms with E-state index >= 15 is 0 Å². The van der Waals surface area contributed by atoms with Gasteiger partial charge in [0.05, 0.1) is 11.4 Å². The van der Waals surface area contributed by atoms with Crippen LogP contribution in [0.1, 0.15) is 13.3 Å². The number of benzene rings is 1. The predicted molar refractivity (Wildman–Crippen MR) is 55.0 cm³/mol. The van der Waals surface area contributed by atoms with Gasteiger partial charge in [-0.1, -0.05) is 19.1 Å². The van der Waals surface area contributed by atoms with E-state index in [2.05, 4.69) is 41.4 Å². The van der Waals surface area contributed by atoms with Gasteiger partial charge in [0.15, 0.2) is 0 Å². The van der Waals surface area contributed by atoms with Gasteiger partial charge in [0.25, 0.3) is 0 Å². The first kappa shape index (κ1) is 7.25. The van der Waals surface area contributed by atoms with E-state index in [1.165, 1.54) is 24.3 Å². The van der Waals surface area contributed by atoms with Crippen molar-refractivity contribution < 1.29 is 0 Å². The summed E-state index contributed by atoms with van der Waals surface area (Å²) in [6, 6.07) is 8.59. The molecule has 0 radical (unpaired) electrons. The molecule has 3 rings (SSSR count). The summed E-state index contributed by atoms with van der Waals surface area (Å²) in [5, 5.41) is 3.57. The zero-order valence-corrected chi connectivity index (χ0v) is 7.83. The summed E-state index contributed by atoms with van der Waals surface area (Å²) in [6.45, 7) is 3.53. The van der Waals surface area contributed by atoms with Crippen LogP contribution in [-0.4, -0.2) is 12.7 Å². The fourth-order valence-electron chi connectivity index (χ4n) is 2.44. The van der Waals surface area contributed by atoms with E-state index < -0.39 is 0 Å². The van der Waals surface area contributed by atoms with Gasteiger partial charge in [0.2, 0.25) is 0 Å². The van der Waals surface area contributed by atoms with Crippen molar-refractivity contribution in [1.82, 2.24) is 0 Å². The van der Waals surface area contributed by atoms with Gasteiger partial charge in [-0.2, -0.15) is 0 Å². The lowest BCUT2D eigenvalue weighted by molar-refractivity contribution is 0.566. The molecule has 0 saturated carbocycles. The van der Waals surface area contributed by atoms with Crippen LogP contribution in [-0.2, 0) is 0 Å². The van der Waals surface area contributed by atoms with E-state index in [9.17, 15) is 0 Å². The number of rotatable bonds is 0. The third-order valence-electron chi connectivity index (χ3n) is 3.22. The van der Waals surface area contributed by atoms with Gasteiger partial charge in [-0.25, -0.2) is 0 Å². The van der Waals surface area contributed by atoms with Crippen molar-refractivity contribution in [2.75, 3.05) is 16.8 Å².